The molecule has 0 aromatic carbocycles. The van der Waals surface area contributed by atoms with Crippen LogP contribution in [-0.2, 0) is 23.1 Å². The highest BCUT2D eigenvalue weighted by Crippen LogP contribution is 2.15. The van der Waals surface area contributed by atoms with Gasteiger partial charge in [0.25, 0.3) is 0 Å². The monoisotopic (exact) mass is 296 g/mol. The normalized spacial score (nSPS) is 11.9. The lowest BCUT2D eigenvalue weighted by atomic mass is 10.3. The first-order valence-corrected chi connectivity index (χ1v) is 7.46. The summed E-state index contributed by atoms with van der Waals surface area (Å²) in [5.41, 5.74) is 0.807. The van der Waals surface area contributed by atoms with Crippen molar-refractivity contribution in [2.24, 2.45) is 0 Å². The van der Waals surface area contributed by atoms with Crippen LogP contribution in [0.5, 0.6) is 0 Å². The van der Waals surface area contributed by atoms with Crippen LogP contribution in [0.25, 0.3) is 0 Å². The molecular weight excluding hydrogens is 280 g/mol. The van der Waals surface area contributed by atoms with Gasteiger partial charge in [-0.05, 0) is 11.6 Å². The zero-order valence-electron chi connectivity index (χ0n) is 11.0. The van der Waals surface area contributed by atoms with Crippen molar-refractivity contribution in [3.8, 4) is 0 Å². The summed E-state index contributed by atoms with van der Waals surface area (Å²) in [5, 5.41) is 12.7. The van der Waals surface area contributed by atoms with E-state index in [1.165, 1.54) is 28.4 Å². The molecule has 0 aliphatic carbocycles. The number of aromatic nitrogens is 3. The third kappa shape index (κ3) is 3.21. The average molecular weight is 296 g/mol. The fourth-order valence-electron chi connectivity index (χ4n) is 1.72. The first-order valence-electron chi connectivity index (χ1n) is 6.02. The van der Waals surface area contributed by atoms with Crippen LogP contribution in [0.3, 0.4) is 0 Å². The molecule has 108 valence electrons. The molecule has 0 unspecified atom stereocenters. The molecule has 0 radical (unpaired) electrons. The van der Waals surface area contributed by atoms with Crippen LogP contribution in [0.1, 0.15) is 5.56 Å². The van der Waals surface area contributed by atoms with Crippen molar-refractivity contribution in [3.05, 3.63) is 42.5 Å². The van der Waals surface area contributed by atoms with E-state index in [-0.39, 0.29) is 24.6 Å². The van der Waals surface area contributed by atoms with Crippen molar-refractivity contribution in [1.82, 2.24) is 19.1 Å². The van der Waals surface area contributed by atoms with Crippen LogP contribution >= 0.6 is 0 Å². The van der Waals surface area contributed by atoms with Crippen molar-refractivity contribution in [2.75, 3.05) is 13.7 Å². The van der Waals surface area contributed by atoms with Gasteiger partial charge in [0.2, 0.25) is 10.0 Å². The highest BCUT2D eigenvalue weighted by molar-refractivity contribution is 7.89. The number of aliphatic hydroxyl groups is 1. The van der Waals surface area contributed by atoms with E-state index in [2.05, 4.69) is 10.1 Å². The Kier molecular flexibility index (Phi) is 4.48. The summed E-state index contributed by atoms with van der Waals surface area (Å²) in [6.07, 6.45) is 5.95. The molecule has 7 nitrogen and oxygen atoms in total. The molecule has 0 fully saturated rings. The van der Waals surface area contributed by atoms with Crippen LogP contribution in [0.15, 0.2) is 41.8 Å². The SMILES string of the molecule is CN(Cc1cccnc1)S(=O)(=O)c1cnn(CCO)c1. The molecule has 0 aliphatic rings. The number of aliphatic hydroxyl groups excluding tert-OH is 1. The Labute approximate surface area is 117 Å². The Bertz CT molecular complexity index is 654. The van der Waals surface area contributed by atoms with Crippen LogP contribution < -0.4 is 0 Å². The zero-order chi connectivity index (χ0) is 14.6. The summed E-state index contributed by atoms with van der Waals surface area (Å²) in [6.45, 7) is 0.413. The van der Waals surface area contributed by atoms with Gasteiger partial charge in [-0.2, -0.15) is 9.40 Å². The number of rotatable bonds is 6. The van der Waals surface area contributed by atoms with Gasteiger partial charge in [-0.25, -0.2) is 8.42 Å². The standard InChI is InChI=1S/C12H16N4O3S/c1-15(9-11-3-2-4-13-7-11)20(18,19)12-8-14-16(10-12)5-6-17/h2-4,7-8,10,17H,5-6,9H2,1H3. The van der Waals surface area contributed by atoms with Gasteiger partial charge in [0.1, 0.15) is 4.90 Å². The smallest absolute Gasteiger partial charge is 0.246 e. The number of hydrogen-bond donors (Lipinski definition) is 1. The molecule has 1 N–H and O–H groups in total. The van der Waals surface area contributed by atoms with Gasteiger partial charge >= 0.3 is 0 Å². The van der Waals surface area contributed by atoms with E-state index in [9.17, 15) is 8.42 Å². The molecule has 2 rings (SSSR count). The molecule has 2 aromatic heterocycles. The highest BCUT2D eigenvalue weighted by Gasteiger charge is 2.22. The molecule has 0 saturated carbocycles. The molecule has 8 heteroatoms. The number of hydrogen-bond acceptors (Lipinski definition) is 5. The highest BCUT2D eigenvalue weighted by atomic mass is 32.2. The van der Waals surface area contributed by atoms with E-state index < -0.39 is 10.0 Å². The van der Waals surface area contributed by atoms with E-state index in [1.807, 2.05) is 6.07 Å². The molecule has 0 saturated heterocycles. The minimum Gasteiger partial charge on any atom is -0.394 e. The van der Waals surface area contributed by atoms with E-state index in [0.29, 0.717) is 0 Å². The Balaban J connectivity index is 2.16. The van der Waals surface area contributed by atoms with Crippen LogP contribution in [0.2, 0.25) is 0 Å². The topological polar surface area (TPSA) is 88.3 Å². The second-order valence-corrected chi connectivity index (χ2v) is 6.33. The Morgan fingerprint density at radius 2 is 2.20 bits per heavy atom. The van der Waals surface area contributed by atoms with Gasteiger partial charge in [-0.3, -0.25) is 9.67 Å². The molecule has 0 atom stereocenters. The van der Waals surface area contributed by atoms with Crippen molar-refractivity contribution in [2.45, 2.75) is 18.0 Å². The molecule has 0 spiro atoms. The van der Waals surface area contributed by atoms with E-state index in [0.717, 1.165) is 5.56 Å². The third-order valence-corrected chi connectivity index (χ3v) is 4.53. The van der Waals surface area contributed by atoms with Gasteiger partial charge in [0.05, 0.1) is 19.3 Å². The maximum Gasteiger partial charge on any atom is 0.246 e. The maximum absolute atomic E-state index is 12.3. The Hall–Kier alpha value is -1.77. The maximum atomic E-state index is 12.3. The number of sulfonamides is 1. The first kappa shape index (κ1) is 14.6. The summed E-state index contributed by atoms with van der Waals surface area (Å²) < 4.78 is 27.3. The molecule has 20 heavy (non-hydrogen) atoms. The molecule has 2 aromatic rings. The van der Waals surface area contributed by atoms with Crippen LogP contribution in [0.4, 0.5) is 0 Å². The van der Waals surface area contributed by atoms with Crippen LogP contribution in [-0.4, -0.2) is 46.2 Å². The van der Waals surface area contributed by atoms with Gasteiger partial charge in [-0.15, -0.1) is 0 Å². The molecule has 0 aliphatic heterocycles. The lowest BCUT2D eigenvalue weighted by Gasteiger charge is -2.15. The second kappa shape index (κ2) is 6.12. The summed E-state index contributed by atoms with van der Waals surface area (Å²) in [4.78, 5) is 4.06. The zero-order valence-corrected chi connectivity index (χ0v) is 11.9. The van der Waals surface area contributed by atoms with Gasteiger partial charge in [-0.1, -0.05) is 6.07 Å². The quantitative estimate of drug-likeness (QED) is 0.816. The molecule has 2 heterocycles. The van der Waals surface area contributed by atoms with E-state index in [4.69, 9.17) is 5.11 Å². The summed E-state index contributed by atoms with van der Waals surface area (Å²) in [6, 6.07) is 3.57. The van der Waals surface area contributed by atoms with Crippen LogP contribution in [0, 0.1) is 0 Å². The fraction of sp³-hybridized carbons (Fsp3) is 0.333. The first-order chi connectivity index (χ1) is 9.54. The summed E-state index contributed by atoms with van der Waals surface area (Å²) >= 11 is 0. The van der Waals surface area contributed by atoms with Gasteiger partial charge in [0.15, 0.2) is 0 Å². The van der Waals surface area contributed by atoms with Crippen molar-refractivity contribution < 1.29 is 13.5 Å². The summed E-state index contributed by atoms with van der Waals surface area (Å²) in [5.74, 6) is 0. The lowest BCUT2D eigenvalue weighted by Crippen LogP contribution is -2.26. The number of nitrogens with zero attached hydrogens (tertiary/aromatic N) is 4. The third-order valence-electron chi connectivity index (χ3n) is 2.77. The number of pyridine rings is 1. The Morgan fingerprint density at radius 1 is 1.40 bits per heavy atom. The minimum atomic E-state index is -3.59. The fourth-order valence-corrected chi connectivity index (χ4v) is 2.83. The van der Waals surface area contributed by atoms with Crippen molar-refractivity contribution in [1.29, 1.82) is 0 Å². The van der Waals surface area contributed by atoms with Gasteiger partial charge in [0, 0.05) is 32.2 Å². The predicted molar refractivity (Wildman–Crippen MR) is 72.2 cm³/mol. The van der Waals surface area contributed by atoms with E-state index in [1.54, 1.807) is 18.5 Å². The summed E-state index contributed by atoms with van der Waals surface area (Å²) in [7, 11) is -2.09. The lowest BCUT2D eigenvalue weighted by molar-refractivity contribution is 0.269. The molecule has 0 amide bonds. The largest absolute Gasteiger partial charge is 0.394 e. The predicted octanol–water partition coefficient (Wildman–Crippen LogP) is 0.0911. The second-order valence-electron chi connectivity index (χ2n) is 4.29. The van der Waals surface area contributed by atoms with Crippen molar-refractivity contribution >= 4 is 10.0 Å². The van der Waals surface area contributed by atoms with Gasteiger partial charge < -0.3 is 5.11 Å². The minimum absolute atomic E-state index is 0.0906. The van der Waals surface area contributed by atoms with E-state index >= 15 is 0 Å². The molecule has 0 bridgehead atoms. The Morgan fingerprint density at radius 3 is 2.85 bits per heavy atom. The molecular formula is C12H16N4O3S. The van der Waals surface area contributed by atoms with Crippen molar-refractivity contribution in [3.63, 3.8) is 0 Å². The average Bonchev–Trinajstić information content (AvgIpc) is 2.89.